The van der Waals surface area contributed by atoms with Gasteiger partial charge in [-0.15, -0.1) is 0 Å². The van der Waals surface area contributed by atoms with Gasteiger partial charge in [0.25, 0.3) is 0 Å². The molecule has 0 unspecified atom stereocenters. The average Bonchev–Trinajstić information content (AvgIpc) is 2.36. The second-order valence-electron chi connectivity index (χ2n) is 3.26. The lowest BCUT2D eigenvalue weighted by molar-refractivity contribution is -0.120. The predicted octanol–water partition coefficient (Wildman–Crippen LogP) is 3.26. The molecule has 1 aromatic carbocycles. The Balaban J connectivity index is 0. The first kappa shape index (κ1) is 17.9. The van der Waals surface area contributed by atoms with Crippen molar-refractivity contribution in [2.75, 3.05) is 7.05 Å². The number of rotatable bonds is 2. The molecule has 98 valence electrons. The van der Waals surface area contributed by atoms with Crippen LogP contribution in [0.25, 0.3) is 0 Å². The van der Waals surface area contributed by atoms with Crippen LogP contribution in [0.1, 0.15) is 39.2 Å². The van der Waals surface area contributed by atoms with Crippen molar-refractivity contribution in [3.05, 3.63) is 29.8 Å². The minimum atomic E-state index is 0.127. The summed E-state index contributed by atoms with van der Waals surface area (Å²) in [7, 11) is 1.65. The van der Waals surface area contributed by atoms with Crippen LogP contribution >= 0.6 is 0 Å². The van der Waals surface area contributed by atoms with Crippen molar-refractivity contribution in [3.8, 4) is 5.75 Å². The number of nitrogens with one attached hydrogen (secondary N) is 1. The Kier molecular flexibility index (Phi) is 13.2. The number of phenols is 1. The zero-order chi connectivity index (χ0) is 13.7. The first-order valence-electron chi connectivity index (χ1n) is 6.06. The van der Waals surface area contributed by atoms with Gasteiger partial charge in [0.15, 0.2) is 0 Å². The first-order chi connectivity index (χ1) is 8.10. The number of phenolic OH excluding ortho intramolecular Hbond substituents is 1. The van der Waals surface area contributed by atoms with Gasteiger partial charge < -0.3 is 10.4 Å². The SMILES string of the molecule is CC.CCCC(=O)NC.Cc1ccc(O)cc1. The summed E-state index contributed by atoms with van der Waals surface area (Å²) in [5.41, 5.74) is 1.17. The van der Waals surface area contributed by atoms with Crippen LogP contribution in [0, 0.1) is 6.92 Å². The molecule has 17 heavy (non-hydrogen) atoms. The lowest BCUT2D eigenvalue weighted by atomic mass is 10.2. The number of aryl methyl sites for hydroxylation is 1. The van der Waals surface area contributed by atoms with Gasteiger partial charge in [0.05, 0.1) is 0 Å². The monoisotopic (exact) mass is 239 g/mol. The molecule has 1 aromatic rings. The van der Waals surface area contributed by atoms with Gasteiger partial charge in [0.1, 0.15) is 5.75 Å². The molecular weight excluding hydrogens is 214 g/mol. The maximum atomic E-state index is 10.3. The summed E-state index contributed by atoms with van der Waals surface area (Å²) in [4.78, 5) is 10.3. The summed E-state index contributed by atoms with van der Waals surface area (Å²) in [6, 6.07) is 7.09. The van der Waals surface area contributed by atoms with Crippen LogP contribution in [-0.2, 0) is 4.79 Å². The van der Waals surface area contributed by atoms with E-state index in [4.69, 9.17) is 5.11 Å². The third kappa shape index (κ3) is 12.4. The van der Waals surface area contributed by atoms with Crippen molar-refractivity contribution < 1.29 is 9.90 Å². The smallest absolute Gasteiger partial charge is 0.219 e. The van der Waals surface area contributed by atoms with Gasteiger partial charge in [-0.3, -0.25) is 4.79 Å². The fourth-order valence-electron chi connectivity index (χ4n) is 0.897. The quantitative estimate of drug-likeness (QED) is 0.832. The summed E-state index contributed by atoms with van der Waals surface area (Å²) in [5.74, 6) is 0.457. The Morgan fingerprint density at radius 1 is 1.24 bits per heavy atom. The molecule has 1 amide bonds. The number of benzene rings is 1. The van der Waals surface area contributed by atoms with Crippen LogP contribution in [0.15, 0.2) is 24.3 Å². The topological polar surface area (TPSA) is 49.3 Å². The van der Waals surface area contributed by atoms with Crippen molar-refractivity contribution in [3.63, 3.8) is 0 Å². The van der Waals surface area contributed by atoms with Crippen LogP contribution in [0.4, 0.5) is 0 Å². The predicted molar refractivity (Wildman–Crippen MR) is 73.2 cm³/mol. The van der Waals surface area contributed by atoms with E-state index in [-0.39, 0.29) is 5.91 Å². The van der Waals surface area contributed by atoms with Crippen LogP contribution in [0.2, 0.25) is 0 Å². The van der Waals surface area contributed by atoms with E-state index < -0.39 is 0 Å². The molecule has 0 heterocycles. The molecule has 0 saturated heterocycles. The van der Waals surface area contributed by atoms with Gasteiger partial charge in [0.2, 0.25) is 5.91 Å². The van der Waals surface area contributed by atoms with Crippen LogP contribution in [0.3, 0.4) is 0 Å². The Morgan fingerprint density at radius 3 is 1.94 bits per heavy atom. The highest BCUT2D eigenvalue weighted by atomic mass is 16.3. The van der Waals surface area contributed by atoms with Gasteiger partial charge in [-0.2, -0.15) is 0 Å². The number of aromatic hydroxyl groups is 1. The fourth-order valence-corrected chi connectivity index (χ4v) is 0.897. The third-order valence-electron chi connectivity index (χ3n) is 1.79. The number of amides is 1. The van der Waals surface area contributed by atoms with E-state index in [2.05, 4.69) is 5.32 Å². The van der Waals surface area contributed by atoms with Crippen molar-refractivity contribution in [1.29, 1.82) is 0 Å². The van der Waals surface area contributed by atoms with Crippen molar-refractivity contribution in [2.24, 2.45) is 0 Å². The molecule has 1 rings (SSSR count). The summed E-state index contributed by atoms with van der Waals surface area (Å²) in [5, 5.41) is 11.3. The van der Waals surface area contributed by atoms with Gasteiger partial charge in [0, 0.05) is 13.5 Å². The molecule has 3 heteroatoms. The summed E-state index contributed by atoms with van der Waals surface area (Å²) >= 11 is 0. The highest BCUT2D eigenvalue weighted by Gasteiger charge is 1.89. The largest absolute Gasteiger partial charge is 0.508 e. The summed E-state index contributed by atoms with van der Waals surface area (Å²) in [6.45, 7) is 7.97. The molecule has 0 saturated carbocycles. The van der Waals surface area contributed by atoms with Crippen molar-refractivity contribution in [2.45, 2.75) is 40.5 Å². The number of carbonyl (C=O) groups excluding carboxylic acids is 1. The lowest BCUT2D eigenvalue weighted by Crippen LogP contribution is -2.16. The Labute approximate surface area is 105 Å². The lowest BCUT2D eigenvalue weighted by Gasteiger charge is -1.91. The van der Waals surface area contributed by atoms with E-state index in [9.17, 15) is 4.79 Å². The van der Waals surface area contributed by atoms with E-state index >= 15 is 0 Å². The fraction of sp³-hybridized carbons (Fsp3) is 0.500. The third-order valence-corrected chi connectivity index (χ3v) is 1.79. The van der Waals surface area contributed by atoms with Crippen molar-refractivity contribution in [1.82, 2.24) is 5.32 Å². The van der Waals surface area contributed by atoms with E-state index in [1.165, 1.54) is 5.56 Å². The summed E-state index contributed by atoms with van der Waals surface area (Å²) < 4.78 is 0. The highest BCUT2D eigenvalue weighted by molar-refractivity contribution is 5.75. The van der Waals surface area contributed by atoms with E-state index in [1.54, 1.807) is 19.2 Å². The van der Waals surface area contributed by atoms with Crippen LogP contribution < -0.4 is 5.32 Å². The van der Waals surface area contributed by atoms with Crippen molar-refractivity contribution >= 4 is 5.91 Å². The van der Waals surface area contributed by atoms with Gasteiger partial charge in [-0.25, -0.2) is 0 Å². The normalized spacial score (nSPS) is 8.06. The molecule has 3 nitrogen and oxygen atoms in total. The molecule has 0 bridgehead atoms. The summed E-state index contributed by atoms with van der Waals surface area (Å²) in [6.07, 6.45) is 1.58. The van der Waals surface area contributed by atoms with Gasteiger partial charge in [-0.1, -0.05) is 38.5 Å². The van der Waals surface area contributed by atoms with Gasteiger partial charge >= 0.3 is 0 Å². The van der Waals surface area contributed by atoms with Crippen LogP contribution in [0.5, 0.6) is 5.75 Å². The van der Waals surface area contributed by atoms with Gasteiger partial charge in [-0.05, 0) is 25.5 Å². The first-order valence-corrected chi connectivity index (χ1v) is 6.06. The maximum absolute atomic E-state index is 10.3. The minimum Gasteiger partial charge on any atom is -0.508 e. The van der Waals surface area contributed by atoms with E-state index in [0.717, 1.165) is 6.42 Å². The molecule has 0 aliphatic rings. The molecule has 0 radical (unpaired) electrons. The Morgan fingerprint density at radius 2 is 1.71 bits per heavy atom. The highest BCUT2D eigenvalue weighted by Crippen LogP contribution is 2.07. The molecular formula is C14H25NO2. The molecule has 0 spiro atoms. The zero-order valence-electron chi connectivity index (χ0n) is 11.6. The van der Waals surface area contributed by atoms with E-state index in [0.29, 0.717) is 12.2 Å². The molecule has 2 N–H and O–H groups in total. The standard InChI is InChI=1S/C7H8O.C5H11NO.C2H6/c1-6-2-4-7(8)5-3-6;1-3-4-5(7)6-2;1-2/h2-5,8H,1H3;3-4H2,1-2H3,(H,6,7);1-2H3. The average molecular weight is 239 g/mol. The number of carbonyl (C=O) groups is 1. The molecule has 0 aromatic heterocycles. The molecule has 0 atom stereocenters. The van der Waals surface area contributed by atoms with Crippen LogP contribution in [-0.4, -0.2) is 18.1 Å². The molecule has 0 aliphatic heterocycles. The maximum Gasteiger partial charge on any atom is 0.219 e. The molecule has 0 aliphatic carbocycles. The second-order valence-corrected chi connectivity index (χ2v) is 3.26. The Bertz CT molecular complexity index is 260. The second kappa shape index (κ2) is 12.6. The minimum absolute atomic E-state index is 0.127. The zero-order valence-corrected chi connectivity index (χ0v) is 11.6. The number of hydrogen-bond acceptors (Lipinski definition) is 2. The Hall–Kier alpha value is -1.51. The molecule has 0 fully saturated rings. The number of hydrogen-bond donors (Lipinski definition) is 2. The van der Waals surface area contributed by atoms with E-state index in [1.807, 2.05) is 39.8 Å².